The van der Waals surface area contributed by atoms with Crippen molar-refractivity contribution in [3.63, 3.8) is 0 Å². The predicted octanol–water partition coefficient (Wildman–Crippen LogP) is 17.8. The van der Waals surface area contributed by atoms with E-state index >= 15 is 0 Å². The van der Waals surface area contributed by atoms with Gasteiger partial charge in [0, 0.05) is 19.3 Å². The SMILES string of the molecule is CC\C=C/C=C\C=C/CCCCCCCCCC(=O)OC(COC(=O)CCCCCCC/C=C\CCCCCCCCC)COC(=O)CCCCCCCC/C=C\C=C/CCCCC. The van der Waals surface area contributed by atoms with Crippen molar-refractivity contribution in [2.24, 2.45) is 0 Å². The van der Waals surface area contributed by atoms with Crippen LogP contribution in [0.1, 0.15) is 258 Å². The molecule has 1 atom stereocenters. The average molecular weight is 893 g/mol. The van der Waals surface area contributed by atoms with Crippen molar-refractivity contribution < 1.29 is 28.6 Å². The van der Waals surface area contributed by atoms with Crippen LogP contribution in [0, 0.1) is 0 Å². The minimum atomic E-state index is -0.790. The maximum absolute atomic E-state index is 12.8. The van der Waals surface area contributed by atoms with Crippen molar-refractivity contribution in [3.05, 3.63) is 72.9 Å². The summed E-state index contributed by atoms with van der Waals surface area (Å²) in [6, 6.07) is 0. The van der Waals surface area contributed by atoms with E-state index in [0.29, 0.717) is 19.3 Å². The molecular formula is C58H100O6. The lowest BCUT2D eigenvalue weighted by Crippen LogP contribution is -2.30. The van der Waals surface area contributed by atoms with E-state index in [9.17, 15) is 14.4 Å². The number of hydrogen-bond donors (Lipinski definition) is 0. The lowest BCUT2D eigenvalue weighted by Gasteiger charge is -2.18. The lowest BCUT2D eigenvalue weighted by atomic mass is 10.1. The van der Waals surface area contributed by atoms with E-state index in [1.807, 2.05) is 0 Å². The number of rotatable bonds is 48. The second-order valence-electron chi connectivity index (χ2n) is 17.8. The monoisotopic (exact) mass is 893 g/mol. The number of esters is 3. The third kappa shape index (κ3) is 49.9. The van der Waals surface area contributed by atoms with Crippen molar-refractivity contribution >= 4 is 17.9 Å². The minimum absolute atomic E-state index is 0.0884. The van der Waals surface area contributed by atoms with Gasteiger partial charge in [-0.2, -0.15) is 0 Å². The van der Waals surface area contributed by atoms with Gasteiger partial charge >= 0.3 is 17.9 Å². The van der Waals surface area contributed by atoms with E-state index in [4.69, 9.17) is 14.2 Å². The molecule has 0 fully saturated rings. The summed E-state index contributed by atoms with van der Waals surface area (Å²) >= 11 is 0. The molecule has 6 heteroatoms. The van der Waals surface area contributed by atoms with Gasteiger partial charge in [-0.05, 0) is 89.9 Å². The van der Waals surface area contributed by atoms with E-state index < -0.39 is 6.10 Å². The van der Waals surface area contributed by atoms with Crippen molar-refractivity contribution in [1.82, 2.24) is 0 Å². The standard InChI is InChI=1S/C58H100O6/c1-4-7-10-13-16-19-22-25-28-31-33-36-39-42-45-48-51-57(60)63-54-55(64-58(61)52-49-46-43-40-37-34-30-27-24-21-18-15-12-9-6-3)53-62-56(59)50-47-44-41-38-35-32-29-26-23-20-17-14-11-8-5-2/h9,12,15,17-18,20-21,23-24,26,28,31,55H,4-8,10-11,13-14,16,19,22,25,27,29-30,32-54H2,1-3H3/b12-9-,18-15-,20-17-,24-21-,26-23-,31-28-. The van der Waals surface area contributed by atoms with Crippen molar-refractivity contribution in [3.8, 4) is 0 Å². The number of carbonyl (C=O) groups is 3. The molecule has 0 amide bonds. The Bertz CT molecular complexity index is 1210. The summed E-state index contributed by atoms with van der Waals surface area (Å²) in [7, 11) is 0. The van der Waals surface area contributed by atoms with E-state index in [0.717, 1.165) is 83.5 Å². The highest BCUT2D eigenvalue weighted by molar-refractivity contribution is 5.71. The summed E-state index contributed by atoms with van der Waals surface area (Å²) < 4.78 is 16.8. The molecule has 0 N–H and O–H groups in total. The first-order chi connectivity index (χ1) is 31.5. The van der Waals surface area contributed by atoms with Gasteiger partial charge in [-0.1, -0.05) is 222 Å². The van der Waals surface area contributed by atoms with Crippen molar-refractivity contribution in [2.45, 2.75) is 264 Å². The number of allylic oxidation sites excluding steroid dienone is 12. The maximum atomic E-state index is 12.8. The Morgan fingerprint density at radius 3 is 1.03 bits per heavy atom. The van der Waals surface area contributed by atoms with Crippen LogP contribution in [0.4, 0.5) is 0 Å². The molecule has 0 heterocycles. The minimum Gasteiger partial charge on any atom is -0.462 e. The zero-order valence-corrected chi connectivity index (χ0v) is 42.0. The van der Waals surface area contributed by atoms with Crippen LogP contribution in [-0.2, 0) is 28.6 Å². The fraction of sp³-hybridized carbons (Fsp3) is 0.741. The Labute approximate surface area is 395 Å². The fourth-order valence-electron chi connectivity index (χ4n) is 7.43. The van der Waals surface area contributed by atoms with E-state index in [1.54, 1.807) is 0 Å². The van der Waals surface area contributed by atoms with E-state index in [1.165, 1.54) is 135 Å². The molecule has 0 aliphatic carbocycles. The highest BCUT2D eigenvalue weighted by atomic mass is 16.6. The zero-order valence-electron chi connectivity index (χ0n) is 42.0. The summed E-state index contributed by atoms with van der Waals surface area (Å²) in [4.78, 5) is 38.1. The van der Waals surface area contributed by atoms with Gasteiger partial charge < -0.3 is 14.2 Å². The molecule has 0 aromatic rings. The number of unbranched alkanes of at least 4 members (excludes halogenated alkanes) is 28. The second kappa shape index (κ2) is 52.5. The molecular weight excluding hydrogens is 793 g/mol. The molecule has 0 saturated carbocycles. The van der Waals surface area contributed by atoms with Crippen molar-refractivity contribution in [2.75, 3.05) is 13.2 Å². The smallest absolute Gasteiger partial charge is 0.306 e. The predicted molar refractivity (Wildman–Crippen MR) is 274 cm³/mol. The van der Waals surface area contributed by atoms with Gasteiger partial charge in [-0.25, -0.2) is 0 Å². The maximum Gasteiger partial charge on any atom is 0.306 e. The molecule has 6 nitrogen and oxygen atoms in total. The molecule has 0 aliphatic heterocycles. The Morgan fingerprint density at radius 2 is 0.625 bits per heavy atom. The van der Waals surface area contributed by atoms with Crippen LogP contribution < -0.4 is 0 Å². The average Bonchev–Trinajstić information content (AvgIpc) is 3.29. The Morgan fingerprint density at radius 1 is 0.328 bits per heavy atom. The second-order valence-corrected chi connectivity index (χ2v) is 17.8. The van der Waals surface area contributed by atoms with Gasteiger partial charge in [0.05, 0.1) is 0 Å². The summed E-state index contributed by atoms with van der Waals surface area (Å²) in [5.41, 5.74) is 0. The topological polar surface area (TPSA) is 78.9 Å². The molecule has 0 rings (SSSR count). The molecule has 0 aliphatic rings. The van der Waals surface area contributed by atoms with Gasteiger partial charge in [0.1, 0.15) is 13.2 Å². The highest BCUT2D eigenvalue weighted by Gasteiger charge is 2.19. The summed E-state index contributed by atoms with van der Waals surface area (Å²) in [6.07, 6.45) is 65.9. The van der Waals surface area contributed by atoms with Gasteiger partial charge in [0.25, 0.3) is 0 Å². The molecule has 0 saturated heterocycles. The largest absolute Gasteiger partial charge is 0.462 e. The first kappa shape index (κ1) is 60.9. The van der Waals surface area contributed by atoms with Crippen LogP contribution in [0.2, 0.25) is 0 Å². The normalized spacial score (nSPS) is 12.6. The molecule has 368 valence electrons. The molecule has 0 spiro atoms. The molecule has 0 aromatic carbocycles. The molecule has 0 aromatic heterocycles. The summed E-state index contributed by atoms with van der Waals surface area (Å²) in [5, 5.41) is 0. The van der Waals surface area contributed by atoms with Crippen LogP contribution in [0.3, 0.4) is 0 Å². The van der Waals surface area contributed by atoms with Crippen LogP contribution in [0.15, 0.2) is 72.9 Å². The molecule has 1 unspecified atom stereocenters. The molecule has 64 heavy (non-hydrogen) atoms. The van der Waals surface area contributed by atoms with Crippen LogP contribution in [0.25, 0.3) is 0 Å². The highest BCUT2D eigenvalue weighted by Crippen LogP contribution is 2.14. The summed E-state index contributed by atoms with van der Waals surface area (Å²) in [6.45, 7) is 6.46. The van der Waals surface area contributed by atoms with Crippen molar-refractivity contribution in [1.29, 1.82) is 0 Å². The van der Waals surface area contributed by atoms with Crippen LogP contribution in [-0.4, -0.2) is 37.2 Å². The Balaban J connectivity index is 4.43. The van der Waals surface area contributed by atoms with E-state index in [2.05, 4.69) is 93.7 Å². The first-order valence-electron chi connectivity index (χ1n) is 27.0. The van der Waals surface area contributed by atoms with E-state index in [-0.39, 0.29) is 31.1 Å². The third-order valence-corrected chi connectivity index (χ3v) is 11.5. The van der Waals surface area contributed by atoms with Gasteiger partial charge in [0.15, 0.2) is 6.10 Å². The fourth-order valence-corrected chi connectivity index (χ4v) is 7.43. The van der Waals surface area contributed by atoms with Crippen LogP contribution >= 0.6 is 0 Å². The summed E-state index contributed by atoms with van der Waals surface area (Å²) in [5.74, 6) is -0.916. The Hall–Kier alpha value is -3.15. The zero-order chi connectivity index (χ0) is 46.5. The number of hydrogen-bond acceptors (Lipinski definition) is 6. The molecule has 0 radical (unpaired) electrons. The number of ether oxygens (including phenoxy) is 3. The van der Waals surface area contributed by atoms with Crippen LogP contribution in [0.5, 0.6) is 0 Å². The molecule has 0 bridgehead atoms. The first-order valence-corrected chi connectivity index (χ1v) is 27.0. The van der Waals surface area contributed by atoms with Gasteiger partial charge in [-0.15, -0.1) is 0 Å². The van der Waals surface area contributed by atoms with Gasteiger partial charge in [-0.3, -0.25) is 14.4 Å². The lowest BCUT2D eigenvalue weighted by molar-refractivity contribution is -0.167. The third-order valence-electron chi connectivity index (χ3n) is 11.5. The van der Waals surface area contributed by atoms with Gasteiger partial charge in [0.2, 0.25) is 0 Å². The number of carbonyl (C=O) groups excluding carboxylic acids is 3. The Kier molecular flexibility index (Phi) is 49.9. The quantitative estimate of drug-likeness (QED) is 0.0199.